The predicted octanol–water partition coefficient (Wildman–Crippen LogP) is 0.422. The van der Waals surface area contributed by atoms with Crippen molar-refractivity contribution in [1.29, 1.82) is 0 Å². The molecule has 0 aliphatic heterocycles. The molecule has 3 N–H and O–H groups in total. The van der Waals surface area contributed by atoms with Crippen LogP contribution in [0.2, 0.25) is 0 Å². The summed E-state index contributed by atoms with van der Waals surface area (Å²) in [6, 6.07) is 3.25. The monoisotopic (exact) mass is 324 g/mol. The molecular formula is C11H12N6O4S. The Morgan fingerprint density at radius 1 is 1.50 bits per heavy atom. The van der Waals surface area contributed by atoms with E-state index in [9.17, 15) is 18.5 Å². The van der Waals surface area contributed by atoms with E-state index < -0.39 is 20.6 Å². The summed E-state index contributed by atoms with van der Waals surface area (Å²) in [4.78, 5) is 9.93. The number of nitro benzene ring substituents is 1. The van der Waals surface area contributed by atoms with Gasteiger partial charge in [-0.05, 0) is 12.1 Å². The van der Waals surface area contributed by atoms with Gasteiger partial charge in [0.1, 0.15) is 5.69 Å². The van der Waals surface area contributed by atoms with Crippen LogP contribution in [0.25, 0.3) is 0 Å². The lowest BCUT2D eigenvalue weighted by molar-refractivity contribution is -0.384. The number of benzene rings is 1. The van der Waals surface area contributed by atoms with Crippen molar-refractivity contribution in [2.45, 2.75) is 4.90 Å². The molecule has 0 fully saturated rings. The predicted molar refractivity (Wildman–Crippen MR) is 78.9 cm³/mol. The average molecular weight is 324 g/mol. The first-order valence-electron chi connectivity index (χ1n) is 5.86. The summed E-state index contributed by atoms with van der Waals surface area (Å²) in [7, 11) is -2.28. The molecule has 0 saturated carbocycles. The van der Waals surface area contributed by atoms with Crippen molar-refractivity contribution in [2.75, 3.05) is 5.43 Å². The van der Waals surface area contributed by atoms with Crippen LogP contribution >= 0.6 is 0 Å². The molecule has 1 aromatic heterocycles. The Bertz CT molecular complexity index is 842. The van der Waals surface area contributed by atoms with Gasteiger partial charge in [0.15, 0.2) is 0 Å². The molecule has 0 saturated heterocycles. The summed E-state index contributed by atoms with van der Waals surface area (Å²) in [5.41, 5.74) is 2.77. The number of hydrogen-bond acceptors (Lipinski definition) is 7. The number of aryl methyl sites for hydroxylation is 1. The molecule has 11 heteroatoms. The van der Waals surface area contributed by atoms with Gasteiger partial charge >= 0.3 is 0 Å². The van der Waals surface area contributed by atoms with E-state index in [0.717, 1.165) is 12.1 Å². The van der Waals surface area contributed by atoms with E-state index >= 15 is 0 Å². The second-order valence-corrected chi connectivity index (χ2v) is 5.86. The molecule has 10 nitrogen and oxygen atoms in total. The number of nitrogens with two attached hydrogens (primary N) is 1. The minimum absolute atomic E-state index is 0.0394. The molecule has 0 radical (unpaired) electrons. The van der Waals surface area contributed by atoms with Crippen molar-refractivity contribution in [3.63, 3.8) is 0 Å². The largest absolute Gasteiger partial charge is 0.295 e. The zero-order chi connectivity index (χ0) is 16.3. The normalized spacial score (nSPS) is 11.7. The third-order valence-electron chi connectivity index (χ3n) is 2.62. The third-order valence-corrected chi connectivity index (χ3v) is 3.53. The first-order chi connectivity index (χ1) is 10.3. The number of hydrogen-bond donors (Lipinski definition) is 2. The highest BCUT2D eigenvalue weighted by atomic mass is 32.2. The Hall–Kier alpha value is -2.79. The maximum Gasteiger partial charge on any atom is 0.295 e. The van der Waals surface area contributed by atoms with Crippen molar-refractivity contribution in [1.82, 2.24) is 9.78 Å². The highest BCUT2D eigenvalue weighted by molar-refractivity contribution is 7.89. The number of aromatic nitrogens is 2. The summed E-state index contributed by atoms with van der Waals surface area (Å²) in [6.45, 7) is 0. The molecular weight excluding hydrogens is 312 g/mol. The molecule has 2 rings (SSSR count). The van der Waals surface area contributed by atoms with Crippen LogP contribution in [0.1, 0.15) is 5.56 Å². The van der Waals surface area contributed by atoms with Gasteiger partial charge in [0.25, 0.3) is 5.69 Å². The minimum Gasteiger partial charge on any atom is -0.275 e. The van der Waals surface area contributed by atoms with E-state index in [1.807, 2.05) is 0 Å². The lowest BCUT2D eigenvalue weighted by Crippen LogP contribution is -2.12. The number of sulfonamides is 1. The van der Waals surface area contributed by atoms with Crippen LogP contribution in [-0.2, 0) is 17.1 Å². The van der Waals surface area contributed by atoms with Crippen LogP contribution in [0.4, 0.5) is 11.4 Å². The Balaban J connectivity index is 2.27. The molecule has 22 heavy (non-hydrogen) atoms. The van der Waals surface area contributed by atoms with E-state index in [-0.39, 0.29) is 10.6 Å². The molecule has 0 spiro atoms. The number of rotatable bonds is 5. The molecule has 0 aliphatic carbocycles. The van der Waals surface area contributed by atoms with E-state index in [0.29, 0.717) is 5.56 Å². The lowest BCUT2D eigenvalue weighted by Gasteiger charge is -2.04. The summed E-state index contributed by atoms with van der Waals surface area (Å²) in [5, 5.41) is 23.7. The molecule has 0 unspecified atom stereocenters. The van der Waals surface area contributed by atoms with Crippen molar-refractivity contribution < 1.29 is 13.3 Å². The number of nitrogens with one attached hydrogen (secondary N) is 1. The van der Waals surface area contributed by atoms with Crippen LogP contribution in [0.3, 0.4) is 0 Å². The van der Waals surface area contributed by atoms with Crippen molar-refractivity contribution in [3.05, 3.63) is 46.3 Å². The number of nitrogens with zero attached hydrogens (tertiary/aromatic N) is 4. The molecule has 2 aromatic rings. The second-order valence-electron chi connectivity index (χ2n) is 4.30. The zero-order valence-corrected chi connectivity index (χ0v) is 12.2. The fourth-order valence-electron chi connectivity index (χ4n) is 1.62. The quantitative estimate of drug-likeness (QED) is 0.463. The Labute approximate surface area is 125 Å². The topological polar surface area (TPSA) is 146 Å². The number of hydrazone groups is 1. The highest BCUT2D eigenvalue weighted by Gasteiger charge is 2.18. The first-order valence-corrected chi connectivity index (χ1v) is 7.41. The SMILES string of the molecule is Cn1cc(/C=N/Nc2ccc(S(N)(=O)=O)cc2[N+](=O)[O-])cn1. The summed E-state index contributed by atoms with van der Waals surface area (Å²) in [6.07, 6.45) is 4.68. The second kappa shape index (κ2) is 5.91. The van der Waals surface area contributed by atoms with Crippen LogP contribution in [0, 0.1) is 10.1 Å². The van der Waals surface area contributed by atoms with Gasteiger partial charge in [-0.25, -0.2) is 13.6 Å². The van der Waals surface area contributed by atoms with Gasteiger partial charge in [-0.2, -0.15) is 10.2 Å². The van der Waals surface area contributed by atoms with E-state index in [1.54, 1.807) is 24.1 Å². The molecule has 1 heterocycles. The van der Waals surface area contributed by atoms with Gasteiger partial charge in [0.05, 0.1) is 22.2 Å². The first kappa shape index (κ1) is 15.6. The molecule has 116 valence electrons. The zero-order valence-electron chi connectivity index (χ0n) is 11.4. The van der Waals surface area contributed by atoms with E-state index in [2.05, 4.69) is 15.6 Å². The minimum atomic E-state index is -4.02. The summed E-state index contributed by atoms with van der Waals surface area (Å²) in [5.74, 6) is 0. The van der Waals surface area contributed by atoms with Crippen molar-refractivity contribution >= 4 is 27.6 Å². The number of nitro groups is 1. The standard InChI is InChI=1S/C11H12N6O4S/c1-16-7-8(6-14-16)5-13-15-10-3-2-9(22(12,20)21)4-11(10)17(18)19/h2-7,15H,1H3,(H2,12,20,21)/b13-5+. The van der Waals surface area contributed by atoms with Gasteiger partial charge in [-0.15, -0.1) is 0 Å². The van der Waals surface area contributed by atoms with Gasteiger partial charge < -0.3 is 0 Å². The van der Waals surface area contributed by atoms with Gasteiger partial charge in [0, 0.05) is 24.9 Å². The van der Waals surface area contributed by atoms with Crippen LogP contribution in [-0.4, -0.2) is 29.3 Å². The maximum atomic E-state index is 11.2. The van der Waals surface area contributed by atoms with Gasteiger partial charge in [-0.3, -0.25) is 20.2 Å². The Morgan fingerprint density at radius 3 is 2.77 bits per heavy atom. The van der Waals surface area contributed by atoms with Crippen molar-refractivity contribution in [2.24, 2.45) is 17.3 Å². The molecule has 0 amide bonds. The average Bonchev–Trinajstić information content (AvgIpc) is 2.83. The van der Waals surface area contributed by atoms with E-state index in [1.165, 1.54) is 12.3 Å². The Morgan fingerprint density at radius 2 is 2.23 bits per heavy atom. The van der Waals surface area contributed by atoms with E-state index in [4.69, 9.17) is 5.14 Å². The fourth-order valence-corrected chi connectivity index (χ4v) is 2.15. The molecule has 0 atom stereocenters. The van der Waals surface area contributed by atoms with Gasteiger partial charge in [0.2, 0.25) is 10.0 Å². The van der Waals surface area contributed by atoms with Crippen LogP contribution < -0.4 is 10.6 Å². The van der Waals surface area contributed by atoms with Crippen LogP contribution in [0.5, 0.6) is 0 Å². The Kier molecular flexibility index (Phi) is 4.19. The summed E-state index contributed by atoms with van der Waals surface area (Å²) < 4.78 is 24.0. The van der Waals surface area contributed by atoms with Crippen molar-refractivity contribution in [3.8, 4) is 0 Å². The summed E-state index contributed by atoms with van der Waals surface area (Å²) >= 11 is 0. The lowest BCUT2D eigenvalue weighted by atomic mass is 10.3. The fraction of sp³-hybridized carbons (Fsp3) is 0.0909. The highest BCUT2D eigenvalue weighted by Crippen LogP contribution is 2.27. The number of primary sulfonamides is 1. The number of anilines is 1. The molecule has 0 bridgehead atoms. The third kappa shape index (κ3) is 3.65. The van der Waals surface area contributed by atoms with Crippen LogP contribution in [0.15, 0.2) is 40.6 Å². The maximum absolute atomic E-state index is 11.2. The molecule has 1 aromatic carbocycles. The molecule has 0 aliphatic rings. The smallest absolute Gasteiger partial charge is 0.275 e. The van der Waals surface area contributed by atoms with Gasteiger partial charge in [-0.1, -0.05) is 0 Å².